The third-order valence-electron chi connectivity index (χ3n) is 6.10. The van der Waals surface area contributed by atoms with Gasteiger partial charge in [-0.05, 0) is 74.7 Å². The molecule has 0 bridgehead atoms. The van der Waals surface area contributed by atoms with Crippen LogP contribution in [0.15, 0.2) is 48.5 Å². The number of methoxy groups -OCH3 is 1. The molecule has 0 fully saturated rings. The summed E-state index contributed by atoms with van der Waals surface area (Å²) in [6.07, 6.45) is 0.907. The zero-order valence-corrected chi connectivity index (χ0v) is 21.0. The highest BCUT2D eigenvalue weighted by molar-refractivity contribution is 5.94. The first kappa shape index (κ1) is 25.0. The Morgan fingerprint density at radius 1 is 1.00 bits per heavy atom. The summed E-state index contributed by atoms with van der Waals surface area (Å²) in [6.45, 7) is 7.11. The molecule has 0 saturated carbocycles. The number of amides is 1. The highest BCUT2D eigenvalue weighted by Gasteiger charge is 2.17. The van der Waals surface area contributed by atoms with Crippen LogP contribution in [0.25, 0.3) is 5.69 Å². The number of benzene rings is 2. The lowest BCUT2D eigenvalue weighted by Gasteiger charge is -2.22. The number of nitrogens with zero attached hydrogens (tertiary/aromatic N) is 4. The van der Waals surface area contributed by atoms with E-state index in [9.17, 15) is 9.59 Å². The van der Waals surface area contributed by atoms with E-state index >= 15 is 0 Å². The molecule has 0 saturated heterocycles. The van der Waals surface area contributed by atoms with Gasteiger partial charge in [-0.25, -0.2) is 4.68 Å². The second kappa shape index (κ2) is 11.0. The maximum Gasteiger partial charge on any atom is 0.305 e. The van der Waals surface area contributed by atoms with E-state index in [1.165, 1.54) is 7.11 Å². The Kier molecular flexibility index (Phi) is 8.10. The first-order chi connectivity index (χ1) is 16.2. The van der Waals surface area contributed by atoms with Gasteiger partial charge in [0, 0.05) is 50.6 Å². The zero-order valence-electron chi connectivity index (χ0n) is 21.0. The predicted octanol–water partition coefficient (Wildman–Crippen LogP) is 4.32. The molecule has 0 unspecified atom stereocenters. The second-order valence-electron chi connectivity index (χ2n) is 8.56. The fourth-order valence-corrected chi connectivity index (χ4v) is 3.99. The van der Waals surface area contributed by atoms with Gasteiger partial charge >= 0.3 is 5.97 Å². The average molecular weight is 463 g/mol. The minimum absolute atomic E-state index is 0.00197. The SMILES string of the molecule is CCN(Cc1ccc(N(C)C)cc1)C(=O)c1ccc(-n2nc(C)c(CCC(=O)OC)c2C)cc1. The molecule has 0 spiro atoms. The van der Waals surface area contributed by atoms with Gasteiger partial charge in [0.1, 0.15) is 0 Å². The number of ether oxygens (including phenoxy) is 1. The number of carbonyl (C=O) groups is 2. The van der Waals surface area contributed by atoms with Crippen LogP contribution >= 0.6 is 0 Å². The van der Waals surface area contributed by atoms with E-state index in [-0.39, 0.29) is 11.9 Å². The van der Waals surface area contributed by atoms with Crippen molar-refractivity contribution in [3.63, 3.8) is 0 Å². The van der Waals surface area contributed by atoms with Crippen LogP contribution in [0.4, 0.5) is 5.69 Å². The molecule has 1 aromatic heterocycles. The van der Waals surface area contributed by atoms with Crippen molar-refractivity contribution in [2.45, 2.75) is 40.2 Å². The Morgan fingerprint density at radius 2 is 1.65 bits per heavy atom. The average Bonchev–Trinajstić information content (AvgIpc) is 3.13. The summed E-state index contributed by atoms with van der Waals surface area (Å²) in [4.78, 5) is 28.6. The third-order valence-corrected chi connectivity index (χ3v) is 6.10. The number of anilines is 1. The molecule has 180 valence electrons. The van der Waals surface area contributed by atoms with E-state index in [4.69, 9.17) is 4.74 Å². The molecule has 0 aliphatic heterocycles. The zero-order chi connectivity index (χ0) is 24.8. The van der Waals surface area contributed by atoms with Gasteiger partial charge in [-0.15, -0.1) is 0 Å². The van der Waals surface area contributed by atoms with E-state index in [0.717, 1.165) is 33.9 Å². The molecule has 34 heavy (non-hydrogen) atoms. The van der Waals surface area contributed by atoms with Crippen molar-refractivity contribution in [2.24, 2.45) is 0 Å². The van der Waals surface area contributed by atoms with Crippen molar-refractivity contribution in [3.8, 4) is 5.69 Å². The molecular formula is C27H34N4O3. The third kappa shape index (κ3) is 5.65. The van der Waals surface area contributed by atoms with Crippen LogP contribution in [0.1, 0.15) is 46.2 Å². The molecular weight excluding hydrogens is 428 g/mol. The molecule has 7 heteroatoms. The summed E-state index contributed by atoms with van der Waals surface area (Å²) in [6, 6.07) is 15.8. The van der Waals surface area contributed by atoms with Crippen molar-refractivity contribution >= 4 is 17.6 Å². The van der Waals surface area contributed by atoms with Crippen molar-refractivity contribution in [1.82, 2.24) is 14.7 Å². The van der Waals surface area contributed by atoms with Gasteiger partial charge in [-0.2, -0.15) is 5.10 Å². The van der Waals surface area contributed by atoms with Crippen LogP contribution in [0.2, 0.25) is 0 Å². The van der Waals surface area contributed by atoms with E-state index < -0.39 is 0 Å². The summed E-state index contributed by atoms with van der Waals surface area (Å²) in [5.74, 6) is -0.235. The maximum atomic E-state index is 13.2. The summed E-state index contributed by atoms with van der Waals surface area (Å²) in [5, 5.41) is 4.65. The van der Waals surface area contributed by atoms with E-state index in [1.807, 2.05) is 68.7 Å². The van der Waals surface area contributed by atoms with Gasteiger partial charge in [0.25, 0.3) is 5.91 Å². The van der Waals surface area contributed by atoms with Crippen LogP contribution in [0, 0.1) is 13.8 Å². The van der Waals surface area contributed by atoms with E-state index in [1.54, 1.807) is 0 Å². The van der Waals surface area contributed by atoms with Crippen LogP contribution in [-0.4, -0.2) is 54.3 Å². The first-order valence-corrected chi connectivity index (χ1v) is 11.5. The topological polar surface area (TPSA) is 67.7 Å². The number of hydrogen-bond acceptors (Lipinski definition) is 5. The number of carbonyl (C=O) groups excluding carboxylic acids is 2. The van der Waals surface area contributed by atoms with Crippen LogP contribution in [0.3, 0.4) is 0 Å². The molecule has 1 heterocycles. The molecule has 0 radical (unpaired) electrons. The predicted molar refractivity (Wildman–Crippen MR) is 135 cm³/mol. The van der Waals surface area contributed by atoms with Crippen molar-refractivity contribution < 1.29 is 14.3 Å². The van der Waals surface area contributed by atoms with Crippen LogP contribution in [-0.2, 0) is 22.5 Å². The van der Waals surface area contributed by atoms with Crippen LogP contribution < -0.4 is 4.90 Å². The Labute approximate surface area is 201 Å². The summed E-state index contributed by atoms with van der Waals surface area (Å²) in [7, 11) is 5.42. The quantitative estimate of drug-likeness (QED) is 0.443. The highest BCUT2D eigenvalue weighted by atomic mass is 16.5. The summed E-state index contributed by atoms with van der Waals surface area (Å²) in [5.41, 5.74) is 6.66. The van der Waals surface area contributed by atoms with Crippen LogP contribution in [0.5, 0.6) is 0 Å². The standard InChI is InChI=1S/C27H34N4O3/c1-7-30(18-21-8-12-23(13-9-21)29(4)5)27(33)22-10-14-24(15-11-22)31-20(3)25(19(2)28-31)16-17-26(32)34-6/h8-15H,7,16-18H2,1-6H3. The second-order valence-corrected chi connectivity index (χ2v) is 8.56. The first-order valence-electron chi connectivity index (χ1n) is 11.5. The Bertz CT molecular complexity index is 1130. The van der Waals surface area contributed by atoms with E-state index in [0.29, 0.717) is 31.5 Å². The number of aryl methyl sites for hydroxylation is 1. The van der Waals surface area contributed by atoms with Crippen molar-refractivity contribution in [1.29, 1.82) is 0 Å². The van der Waals surface area contributed by atoms with Gasteiger partial charge in [-0.1, -0.05) is 12.1 Å². The molecule has 3 rings (SSSR count). The van der Waals surface area contributed by atoms with Gasteiger partial charge in [0.2, 0.25) is 0 Å². The fourth-order valence-electron chi connectivity index (χ4n) is 3.99. The number of esters is 1. The fraction of sp³-hybridized carbons (Fsp3) is 0.370. The molecule has 7 nitrogen and oxygen atoms in total. The maximum absolute atomic E-state index is 13.2. The molecule has 0 aliphatic carbocycles. The largest absolute Gasteiger partial charge is 0.469 e. The van der Waals surface area contributed by atoms with Gasteiger partial charge in [0.05, 0.1) is 18.5 Å². The molecule has 3 aromatic rings. The summed E-state index contributed by atoms with van der Waals surface area (Å²) >= 11 is 0. The lowest BCUT2D eigenvalue weighted by molar-refractivity contribution is -0.140. The van der Waals surface area contributed by atoms with Crippen molar-refractivity contribution in [2.75, 3.05) is 32.6 Å². The Balaban J connectivity index is 1.74. The minimum Gasteiger partial charge on any atom is -0.469 e. The molecule has 2 aromatic carbocycles. The van der Waals surface area contributed by atoms with Gasteiger partial charge in [0.15, 0.2) is 0 Å². The molecule has 0 atom stereocenters. The van der Waals surface area contributed by atoms with E-state index in [2.05, 4.69) is 34.3 Å². The molecule has 0 N–H and O–H groups in total. The van der Waals surface area contributed by atoms with Gasteiger partial charge < -0.3 is 14.5 Å². The Hall–Kier alpha value is -3.61. The number of aromatic nitrogens is 2. The lowest BCUT2D eigenvalue weighted by Crippen LogP contribution is -2.30. The number of hydrogen-bond donors (Lipinski definition) is 0. The normalized spacial score (nSPS) is 10.8. The highest BCUT2D eigenvalue weighted by Crippen LogP contribution is 2.21. The van der Waals surface area contributed by atoms with Gasteiger partial charge in [-0.3, -0.25) is 9.59 Å². The lowest BCUT2D eigenvalue weighted by atomic mass is 10.1. The Morgan fingerprint density at radius 3 is 2.21 bits per heavy atom. The van der Waals surface area contributed by atoms with Crippen molar-refractivity contribution in [3.05, 3.63) is 76.6 Å². The minimum atomic E-state index is -0.233. The smallest absolute Gasteiger partial charge is 0.305 e. The number of rotatable bonds is 9. The summed E-state index contributed by atoms with van der Waals surface area (Å²) < 4.78 is 6.62. The molecule has 0 aliphatic rings. The molecule has 1 amide bonds. The monoisotopic (exact) mass is 462 g/mol.